The fourth-order valence-corrected chi connectivity index (χ4v) is 2.83. The van der Waals surface area contributed by atoms with Crippen molar-refractivity contribution >= 4 is 22.7 Å². The molecular formula is C18H19F2NO3S. The Kier molecular flexibility index (Phi) is 5.17. The largest absolute Gasteiger partial charge is 0.456 e. The molecule has 25 heavy (non-hydrogen) atoms. The molecule has 0 unspecified atom stereocenters. The van der Waals surface area contributed by atoms with Gasteiger partial charge in [0, 0.05) is 24.4 Å². The Balaban J connectivity index is 2.61. The number of hydrogen-bond acceptors (Lipinski definition) is 3. The van der Waals surface area contributed by atoms with E-state index in [-0.39, 0.29) is 11.3 Å². The molecule has 7 heteroatoms. The fraction of sp³-hybridized carbons (Fsp3) is 0.222. The van der Waals surface area contributed by atoms with Crippen LogP contribution < -0.4 is 10.6 Å². The molecule has 0 radical (unpaired) electrons. The third-order valence-electron chi connectivity index (χ3n) is 3.66. The van der Waals surface area contributed by atoms with E-state index in [0.29, 0.717) is 16.3 Å². The first-order valence-electron chi connectivity index (χ1n) is 7.38. The number of benzene rings is 1. The lowest BCUT2D eigenvalue weighted by Crippen LogP contribution is -2.27. The van der Waals surface area contributed by atoms with E-state index in [0.717, 1.165) is 28.3 Å². The van der Waals surface area contributed by atoms with Crippen LogP contribution in [0, 0.1) is 11.6 Å². The number of nitrogens with zero attached hydrogens (tertiary/aromatic N) is 1. The Hall–Kier alpha value is -2.41. The van der Waals surface area contributed by atoms with E-state index in [9.17, 15) is 17.2 Å². The Bertz CT molecular complexity index is 1050. The van der Waals surface area contributed by atoms with Crippen LogP contribution >= 0.6 is 0 Å². The third kappa shape index (κ3) is 4.17. The van der Waals surface area contributed by atoms with E-state index in [2.05, 4.69) is 6.58 Å². The van der Waals surface area contributed by atoms with E-state index in [1.807, 2.05) is 0 Å². The Morgan fingerprint density at radius 2 is 1.88 bits per heavy atom. The van der Waals surface area contributed by atoms with Crippen LogP contribution in [0.4, 0.5) is 8.78 Å². The quantitative estimate of drug-likeness (QED) is 0.835. The highest BCUT2D eigenvalue weighted by molar-refractivity contribution is 7.88. The Labute approximate surface area is 145 Å². The van der Waals surface area contributed by atoms with Crippen LogP contribution in [0.25, 0.3) is 24.0 Å². The second kappa shape index (κ2) is 6.84. The van der Waals surface area contributed by atoms with Crippen molar-refractivity contribution in [2.24, 2.45) is 0 Å². The van der Waals surface area contributed by atoms with Gasteiger partial charge in [-0.2, -0.15) is 0 Å². The van der Waals surface area contributed by atoms with Crippen LogP contribution in [0.2, 0.25) is 0 Å². The van der Waals surface area contributed by atoms with Gasteiger partial charge in [0.05, 0.1) is 17.5 Å². The maximum absolute atomic E-state index is 13.9. The molecule has 1 aromatic heterocycles. The monoisotopic (exact) mass is 367 g/mol. The number of rotatable bonds is 4. The maximum Gasteiger partial charge on any atom is 0.231 e. The second-order valence-electron chi connectivity index (χ2n) is 5.88. The molecule has 0 aliphatic heterocycles. The summed E-state index contributed by atoms with van der Waals surface area (Å²) in [5.74, 6) is -1.25. The van der Waals surface area contributed by atoms with E-state index in [4.69, 9.17) is 4.42 Å². The molecule has 2 rings (SSSR count). The molecule has 0 saturated heterocycles. The first-order valence-corrected chi connectivity index (χ1v) is 9.23. The van der Waals surface area contributed by atoms with Crippen LogP contribution in [-0.2, 0) is 10.0 Å². The molecule has 134 valence electrons. The molecule has 1 heterocycles. The average molecular weight is 367 g/mol. The zero-order valence-corrected chi connectivity index (χ0v) is 15.2. The van der Waals surface area contributed by atoms with Gasteiger partial charge in [-0.05, 0) is 32.0 Å². The summed E-state index contributed by atoms with van der Waals surface area (Å²) in [4.78, 5) is 0. The van der Waals surface area contributed by atoms with Crippen LogP contribution in [0.5, 0.6) is 0 Å². The van der Waals surface area contributed by atoms with Crippen molar-refractivity contribution in [3.05, 3.63) is 57.8 Å². The number of sulfonamides is 1. The molecule has 0 spiro atoms. The maximum atomic E-state index is 13.9. The van der Waals surface area contributed by atoms with E-state index < -0.39 is 21.7 Å². The zero-order valence-electron chi connectivity index (χ0n) is 14.4. The van der Waals surface area contributed by atoms with Gasteiger partial charge in [-0.1, -0.05) is 12.2 Å². The number of furan rings is 1. The van der Waals surface area contributed by atoms with Crippen molar-refractivity contribution in [2.45, 2.75) is 13.8 Å². The van der Waals surface area contributed by atoms with Gasteiger partial charge in [0.1, 0.15) is 22.8 Å². The molecule has 0 saturated carbocycles. The molecule has 0 aliphatic carbocycles. The van der Waals surface area contributed by atoms with E-state index in [1.165, 1.54) is 25.3 Å². The zero-order chi connectivity index (χ0) is 18.9. The number of allylic oxidation sites excluding steroid dienone is 2. The summed E-state index contributed by atoms with van der Waals surface area (Å²) >= 11 is 0. The highest BCUT2D eigenvalue weighted by Crippen LogP contribution is 2.21. The van der Waals surface area contributed by atoms with E-state index >= 15 is 0 Å². The van der Waals surface area contributed by atoms with Gasteiger partial charge in [-0.3, -0.25) is 4.31 Å². The summed E-state index contributed by atoms with van der Waals surface area (Å²) < 4.78 is 57.3. The second-order valence-corrected chi connectivity index (χ2v) is 7.90. The minimum atomic E-state index is -3.46. The molecule has 0 bridgehead atoms. The minimum Gasteiger partial charge on any atom is -0.456 e. The lowest BCUT2D eigenvalue weighted by molar-refractivity contribution is 0.526. The minimum absolute atomic E-state index is 0.0983. The topological polar surface area (TPSA) is 50.5 Å². The fourth-order valence-electron chi connectivity index (χ4n) is 2.24. The molecule has 4 nitrogen and oxygen atoms in total. The lowest BCUT2D eigenvalue weighted by Gasteiger charge is -2.19. The molecule has 0 amide bonds. The first-order chi connectivity index (χ1) is 11.5. The highest BCUT2D eigenvalue weighted by atomic mass is 32.2. The van der Waals surface area contributed by atoms with Gasteiger partial charge < -0.3 is 4.42 Å². The molecule has 0 N–H and O–H groups in total. The standard InChI is InChI=1S/C18H19F2NO3S/c1-11(2)16(21(4)25(5,22)23)10-17-12(3)8-18(24-17)14-7-6-13(19)9-15(14)20/h6-10H,3H2,1-2,4-5H3/b17-10+. The van der Waals surface area contributed by atoms with Crippen LogP contribution in [-0.4, -0.2) is 26.0 Å². The van der Waals surface area contributed by atoms with Crippen molar-refractivity contribution < 1.29 is 21.6 Å². The number of hydrogen-bond donors (Lipinski definition) is 0. The average Bonchev–Trinajstić information content (AvgIpc) is 2.83. The molecule has 0 atom stereocenters. The van der Waals surface area contributed by atoms with Gasteiger partial charge in [0.25, 0.3) is 0 Å². The van der Waals surface area contributed by atoms with Gasteiger partial charge >= 0.3 is 0 Å². The summed E-state index contributed by atoms with van der Waals surface area (Å²) in [7, 11) is -2.03. The van der Waals surface area contributed by atoms with Crippen molar-refractivity contribution in [1.82, 2.24) is 4.31 Å². The summed E-state index contributed by atoms with van der Waals surface area (Å²) in [5, 5.41) is 0.458. The number of halogens is 2. The van der Waals surface area contributed by atoms with Gasteiger partial charge in [0.2, 0.25) is 10.0 Å². The summed E-state index contributed by atoms with van der Waals surface area (Å²) in [6.45, 7) is 7.36. The highest BCUT2D eigenvalue weighted by Gasteiger charge is 2.15. The van der Waals surface area contributed by atoms with Crippen LogP contribution in [0.1, 0.15) is 13.8 Å². The van der Waals surface area contributed by atoms with Crippen molar-refractivity contribution in [3.63, 3.8) is 0 Å². The van der Waals surface area contributed by atoms with Crippen LogP contribution in [0.15, 0.2) is 40.0 Å². The summed E-state index contributed by atoms with van der Waals surface area (Å²) in [6, 6.07) is 4.69. The Morgan fingerprint density at radius 1 is 1.24 bits per heavy atom. The Morgan fingerprint density at radius 3 is 2.40 bits per heavy atom. The molecule has 0 fully saturated rings. The predicted molar refractivity (Wildman–Crippen MR) is 94.3 cm³/mol. The first kappa shape index (κ1) is 18.9. The lowest BCUT2D eigenvalue weighted by atomic mass is 10.1. The van der Waals surface area contributed by atoms with Gasteiger partial charge in [-0.25, -0.2) is 17.2 Å². The molecular weight excluding hydrogens is 348 g/mol. The molecule has 1 aromatic carbocycles. The molecule has 2 aromatic rings. The van der Waals surface area contributed by atoms with E-state index in [1.54, 1.807) is 13.8 Å². The smallest absolute Gasteiger partial charge is 0.231 e. The van der Waals surface area contributed by atoms with Crippen molar-refractivity contribution in [1.29, 1.82) is 0 Å². The SMILES string of the molecule is C=c1cc(-c2ccc(F)cc2F)o/c1=C/C(=C(C)C)N(C)S(C)(=O)=O. The predicted octanol–water partition coefficient (Wildman–Crippen LogP) is 2.60. The molecule has 0 aliphatic rings. The normalized spacial score (nSPS) is 12.3. The van der Waals surface area contributed by atoms with Gasteiger partial charge in [0.15, 0.2) is 0 Å². The van der Waals surface area contributed by atoms with Crippen molar-refractivity contribution in [3.8, 4) is 11.3 Å². The third-order valence-corrected chi connectivity index (χ3v) is 4.85. The van der Waals surface area contributed by atoms with Crippen molar-refractivity contribution in [2.75, 3.05) is 13.3 Å². The van der Waals surface area contributed by atoms with Crippen LogP contribution in [0.3, 0.4) is 0 Å². The summed E-state index contributed by atoms with van der Waals surface area (Å²) in [6.07, 6.45) is 2.62. The van der Waals surface area contributed by atoms with Gasteiger partial charge in [-0.15, -0.1) is 0 Å². The summed E-state index contributed by atoms with van der Waals surface area (Å²) in [5.41, 5.74) is 1.57.